The summed E-state index contributed by atoms with van der Waals surface area (Å²) in [6.45, 7) is 2.14. The normalized spacial score (nSPS) is 11.0. The van der Waals surface area contributed by atoms with E-state index in [0.717, 1.165) is 35.3 Å². The van der Waals surface area contributed by atoms with Crippen LogP contribution in [-0.4, -0.2) is 19.6 Å². The van der Waals surface area contributed by atoms with Gasteiger partial charge in [0.2, 0.25) is 0 Å². The Kier molecular flexibility index (Phi) is 2.87. The molecule has 0 amide bonds. The highest BCUT2D eigenvalue weighted by Crippen LogP contribution is 2.22. The number of nitrogens with two attached hydrogens (primary N) is 1. The Morgan fingerprint density at radius 2 is 2.05 bits per heavy atom. The molecule has 3 aromatic rings. The van der Waals surface area contributed by atoms with E-state index in [2.05, 4.69) is 22.0 Å². The van der Waals surface area contributed by atoms with Crippen LogP contribution in [-0.2, 0) is 6.42 Å². The Bertz CT molecular complexity index is 702. The number of anilines is 1. The van der Waals surface area contributed by atoms with E-state index in [1.807, 2.05) is 28.9 Å². The number of hydrogen-bond donors (Lipinski definition) is 1. The van der Waals surface area contributed by atoms with Crippen LogP contribution >= 0.6 is 0 Å². The molecule has 96 valence electrons. The molecule has 0 saturated heterocycles. The molecule has 5 heteroatoms. The molecule has 0 aliphatic carbocycles. The van der Waals surface area contributed by atoms with Crippen molar-refractivity contribution in [2.45, 2.75) is 19.8 Å². The van der Waals surface area contributed by atoms with Gasteiger partial charge in [0.05, 0.1) is 11.9 Å². The number of fused-ring (bicyclic) bond motifs is 1. The molecule has 0 fully saturated rings. The van der Waals surface area contributed by atoms with E-state index in [1.165, 1.54) is 0 Å². The lowest BCUT2D eigenvalue weighted by Crippen LogP contribution is -2.03. The molecular weight excluding hydrogens is 238 g/mol. The average molecular weight is 253 g/mol. The monoisotopic (exact) mass is 253 g/mol. The zero-order valence-electron chi connectivity index (χ0n) is 10.7. The van der Waals surface area contributed by atoms with Gasteiger partial charge in [-0.2, -0.15) is 0 Å². The summed E-state index contributed by atoms with van der Waals surface area (Å²) >= 11 is 0. The number of rotatable bonds is 3. The third-order valence-electron chi connectivity index (χ3n) is 3.06. The Morgan fingerprint density at radius 1 is 1.26 bits per heavy atom. The van der Waals surface area contributed by atoms with Crippen LogP contribution in [0.4, 0.5) is 5.82 Å². The topological polar surface area (TPSA) is 69.1 Å². The van der Waals surface area contributed by atoms with E-state index in [4.69, 9.17) is 5.73 Å². The first-order valence-electron chi connectivity index (χ1n) is 6.33. The second-order valence-corrected chi connectivity index (χ2v) is 4.46. The fourth-order valence-corrected chi connectivity index (χ4v) is 2.23. The van der Waals surface area contributed by atoms with Crippen LogP contribution in [0, 0.1) is 0 Å². The van der Waals surface area contributed by atoms with Gasteiger partial charge in [0.15, 0.2) is 5.65 Å². The van der Waals surface area contributed by atoms with Crippen LogP contribution in [0.3, 0.4) is 0 Å². The summed E-state index contributed by atoms with van der Waals surface area (Å²) in [6.07, 6.45) is 7.35. The first-order valence-corrected chi connectivity index (χ1v) is 6.33. The standard InChI is InChI=1S/C14H15N5/c1-2-3-11-8-13(15)18-19-12(9-17-14(11)19)10-4-6-16-7-5-10/h4-9H,2-3H2,1H3,(H2,15,18). The van der Waals surface area contributed by atoms with Crippen molar-refractivity contribution in [3.63, 3.8) is 0 Å². The molecule has 0 saturated carbocycles. The molecule has 0 atom stereocenters. The predicted molar refractivity (Wildman–Crippen MR) is 74.6 cm³/mol. The summed E-state index contributed by atoms with van der Waals surface area (Å²) in [5, 5.41) is 4.37. The summed E-state index contributed by atoms with van der Waals surface area (Å²) in [5.74, 6) is 0.518. The van der Waals surface area contributed by atoms with Crippen LogP contribution in [0.5, 0.6) is 0 Å². The highest BCUT2D eigenvalue weighted by Gasteiger charge is 2.11. The summed E-state index contributed by atoms with van der Waals surface area (Å²) in [5.41, 5.74) is 9.86. The molecule has 3 aromatic heterocycles. The van der Waals surface area contributed by atoms with Gasteiger partial charge in [-0.25, -0.2) is 9.50 Å². The SMILES string of the molecule is CCCc1cc(N)nn2c(-c3ccncc3)cnc12. The molecule has 0 radical (unpaired) electrons. The van der Waals surface area contributed by atoms with Crippen molar-refractivity contribution in [1.82, 2.24) is 19.6 Å². The Labute approximate surface area is 111 Å². The maximum atomic E-state index is 5.89. The molecule has 2 N–H and O–H groups in total. The van der Waals surface area contributed by atoms with E-state index in [0.29, 0.717) is 5.82 Å². The van der Waals surface area contributed by atoms with Gasteiger partial charge < -0.3 is 5.73 Å². The fraction of sp³-hybridized carbons (Fsp3) is 0.214. The van der Waals surface area contributed by atoms with Crippen molar-refractivity contribution in [1.29, 1.82) is 0 Å². The zero-order valence-corrected chi connectivity index (χ0v) is 10.7. The van der Waals surface area contributed by atoms with Gasteiger partial charge in [-0.05, 0) is 24.6 Å². The number of pyridine rings is 1. The predicted octanol–water partition coefficient (Wildman–Crippen LogP) is 2.33. The lowest BCUT2D eigenvalue weighted by atomic mass is 10.1. The van der Waals surface area contributed by atoms with Gasteiger partial charge in [0.25, 0.3) is 0 Å². The fourth-order valence-electron chi connectivity index (χ4n) is 2.23. The van der Waals surface area contributed by atoms with Crippen molar-refractivity contribution >= 4 is 11.5 Å². The smallest absolute Gasteiger partial charge is 0.157 e. The lowest BCUT2D eigenvalue weighted by molar-refractivity contribution is 0.884. The van der Waals surface area contributed by atoms with E-state index in [9.17, 15) is 0 Å². The second kappa shape index (κ2) is 4.68. The number of nitrogen functional groups attached to an aromatic ring is 1. The third-order valence-corrected chi connectivity index (χ3v) is 3.06. The number of aryl methyl sites for hydroxylation is 1. The summed E-state index contributed by atoms with van der Waals surface area (Å²) in [7, 11) is 0. The van der Waals surface area contributed by atoms with Crippen molar-refractivity contribution in [2.24, 2.45) is 0 Å². The van der Waals surface area contributed by atoms with Crippen molar-refractivity contribution in [3.05, 3.63) is 42.4 Å². The molecule has 19 heavy (non-hydrogen) atoms. The molecule has 0 aliphatic rings. The zero-order chi connectivity index (χ0) is 13.2. The van der Waals surface area contributed by atoms with Gasteiger partial charge in [0.1, 0.15) is 5.82 Å². The van der Waals surface area contributed by atoms with Crippen molar-refractivity contribution < 1.29 is 0 Å². The minimum Gasteiger partial charge on any atom is -0.382 e. The van der Waals surface area contributed by atoms with Crippen LogP contribution in [0.15, 0.2) is 36.8 Å². The average Bonchev–Trinajstić information content (AvgIpc) is 2.84. The number of nitrogens with zero attached hydrogens (tertiary/aromatic N) is 4. The molecule has 5 nitrogen and oxygen atoms in total. The van der Waals surface area contributed by atoms with Gasteiger partial charge in [0, 0.05) is 23.5 Å². The molecular formula is C14H15N5. The van der Waals surface area contributed by atoms with Crippen molar-refractivity contribution in [3.8, 4) is 11.3 Å². The minimum absolute atomic E-state index is 0.518. The Hall–Kier alpha value is -2.43. The lowest BCUT2D eigenvalue weighted by Gasteiger charge is -2.05. The number of imidazole rings is 1. The molecule has 0 aromatic carbocycles. The second-order valence-electron chi connectivity index (χ2n) is 4.46. The molecule has 3 rings (SSSR count). The summed E-state index contributed by atoms with van der Waals surface area (Å²) in [4.78, 5) is 8.50. The molecule has 0 aliphatic heterocycles. The highest BCUT2D eigenvalue weighted by atomic mass is 15.3. The van der Waals surface area contributed by atoms with Gasteiger partial charge in [-0.3, -0.25) is 4.98 Å². The highest BCUT2D eigenvalue weighted by molar-refractivity contribution is 5.65. The van der Waals surface area contributed by atoms with Crippen LogP contribution < -0.4 is 5.73 Å². The quantitative estimate of drug-likeness (QED) is 0.777. The van der Waals surface area contributed by atoms with Crippen LogP contribution in [0.25, 0.3) is 16.9 Å². The molecule has 0 unspecified atom stereocenters. The molecule has 0 spiro atoms. The summed E-state index contributed by atoms with van der Waals surface area (Å²) in [6, 6.07) is 5.78. The first-order chi connectivity index (χ1) is 9.29. The van der Waals surface area contributed by atoms with E-state index in [-0.39, 0.29) is 0 Å². The van der Waals surface area contributed by atoms with E-state index < -0.39 is 0 Å². The van der Waals surface area contributed by atoms with Crippen LogP contribution in [0.1, 0.15) is 18.9 Å². The molecule has 0 bridgehead atoms. The Balaban J connectivity index is 2.23. The summed E-state index contributed by atoms with van der Waals surface area (Å²) < 4.78 is 1.82. The largest absolute Gasteiger partial charge is 0.382 e. The van der Waals surface area contributed by atoms with Gasteiger partial charge in [-0.1, -0.05) is 13.3 Å². The van der Waals surface area contributed by atoms with E-state index >= 15 is 0 Å². The minimum atomic E-state index is 0.518. The number of aromatic nitrogens is 4. The number of hydrogen-bond acceptors (Lipinski definition) is 4. The maximum Gasteiger partial charge on any atom is 0.157 e. The molecule has 3 heterocycles. The third kappa shape index (κ3) is 2.03. The van der Waals surface area contributed by atoms with Gasteiger partial charge >= 0.3 is 0 Å². The van der Waals surface area contributed by atoms with Crippen LogP contribution in [0.2, 0.25) is 0 Å². The maximum absolute atomic E-state index is 5.89. The van der Waals surface area contributed by atoms with Crippen molar-refractivity contribution in [2.75, 3.05) is 5.73 Å². The Morgan fingerprint density at radius 3 is 2.79 bits per heavy atom. The van der Waals surface area contributed by atoms with Gasteiger partial charge in [-0.15, -0.1) is 5.10 Å². The first kappa shape index (κ1) is 11.6. The van der Waals surface area contributed by atoms with E-state index in [1.54, 1.807) is 12.4 Å².